The zero-order valence-corrected chi connectivity index (χ0v) is 13.5. The molecule has 2 aromatic carbocycles. The van der Waals surface area contributed by atoms with E-state index >= 15 is 0 Å². The largest absolute Gasteiger partial charge is 0.489 e. The van der Waals surface area contributed by atoms with E-state index in [9.17, 15) is 4.79 Å². The quantitative estimate of drug-likeness (QED) is 0.824. The van der Waals surface area contributed by atoms with Gasteiger partial charge in [-0.25, -0.2) is 4.79 Å². The molecule has 0 fully saturated rings. The van der Waals surface area contributed by atoms with Gasteiger partial charge in [0, 0.05) is 21.5 Å². The summed E-state index contributed by atoms with van der Waals surface area (Å²) in [5.41, 5.74) is 1.55. The Kier molecular flexibility index (Phi) is 4.22. The van der Waals surface area contributed by atoms with Crippen LogP contribution in [0.25, 0.3) is 0 Å². The third-order valence-electron chi connectivity index (χ3n) is 3.30. The molecule has 21 heavy (non-hydrogen) atoms. The highest BCUT2D eigenvalue weighted by Gasteiger charge is 2.22. The van der Waals surface area contributed by atoms with Gasteiger partial charge in [-0.15, -0.1) is 11.8 Å². The minimum Gasteiger partial charge on any atom is -0.489 e. The molecular weight excluding hydrogens is 352 g/mol. The molecule has 1 aliphatic heterocycles. The van der Waals surface area contributed by atoms with Crippen LogP contribution in [0.4, 0.5) is 0 Å². The number of carboxylic acids is 1. The highest BCUT2D eigenvalue weighted by molar-refractivity contribution is 9.10. The van der Waals surface area contributed by atoms with Crippen molar-refractivity contribution < 1.29 is 14.6 Å². The molecule has 1 unspecified atom stereocenters. The third-order valence-corrected chi connectivity index (χ3v) is 4.94. The van der Waals surface area contributed by atoms with Crippen molar-refractivity contribution in [1.82, 2.24) is 0 Å². The van der Waals surface area contributed by atoms with E-state index in [1.807, 2.05) is 24.3 Å². The minimum atomic E-state index is -0.897. The zero-order chi connectivity index (χ0) is 14.8. The maximum absolute atomic E-state index is 10.8. The molecule has 0 bridgehead atoms. The molecule has 0 amide bonds. The highest BCUT2D eigenvalue weighted by Crippen LogP contribution is 2.33. The van der Waals surface area contributed by atoms with E-state index in [-0.39, 0.29) is 6.10 Å². The van der Waals surface area contributed by atoms with Crippen molar-refractivity contribution in [2.24, 2.45) is 0 Å². The Morgan fingerprint density at radius 1 is 1.29 bits per heavy atom. The summed E-state index contributed by atoms with van der Waals surface area (Å²) in [5, 5.41) is 8.87. The summed E-state index contributed by atoms with van der Waals surface area (Å²) in [5.74, 6) is 0.912. The number of benzene rings is 2. The van der Waals surface area contributed by atoms with Gasteiger partial charge in [-0.2, -0.15) is 0 Å². The predicted octanol–water partition coefficient (Wildman–Crippen LogP) is 4.24. The van der Waals surface area contributed by atoms with Crippen LogP contribution in [0, 0.1) is 0 Å². The molecule has 0 aliphatic carbocycles. The van der Waals surface area contributed by atoms with Crippen molar-refractivity contribution in [2.75, 3.05) is 5.75 Å². The standard InChI is InChI=1S/C16H13BrO3S/c17-12-3-6-15-11(7-12)8-13(20-15)9-21-14-4-1-10(2-5-14)16(18)19/h1-7,13H,8-9H2,(H,18,19). The average Bonchev–Trinajstić information content (AvgIpc) is 2.87. The summed E-state index contributed by atoms with van der Waals surface area (Å²) in [6.07, 6.45) is 1.08. The summed E-state index contributed by atoms with van der Waals surface area (Å²) in [7, 11) is 0. The summed E-state index contributed by atoms with van der Waals surface area (Å²) >= 11 is 5.15. The molecule has 3 nitrogen and oxygen atoms in total. The summed E-state index contributed by atoms with van der Waals surface area (Å²) < 4.78 is 6.98. The molecule has 3 rings (SSSR count). The maximum atomic E-state index is 10.8. The molecule has 0 saturated carbocycles. The van der Waals surface area contributed by atoms with Crippen LogP contribution in [-0.4, -0.2) is 22.9 Å². The fraction of sp³-hybridized carbons (Fsp3) is 0.188. The molecule has 0 radical (unpaired) electrons. The Bertz CT molecular complexity index is 670. The summed E-state index contributed by atoms with van der Waals surface area (Å²) in [6, 6.07) is 13.0. The smallest absolute Gasteiger partial charge is 0.335 e. The molecule has 0 saturated heterocycles. The molecule has 2 aromatic rings. The van der Waals surface area contributed by atoms with Crippen LogP contribution in [0.1, 0.15) is 15.9 Å². The number of aromatic carboxylic acids is 1. The number of carbonyl (C=O) groups is 1. The van der Waals surface area contributed by atoms with Crippen LogP contribution < -0.4 is 4.74 Å². The fourth-order valence-corrected chi connectivity index (χ4v) is 3.57. The lowest BCUT2D eigenvalue weighted by molar-refractivity contribution is 0.0697. The van der Waals surface area contributed by atoms with E-state index in [1.165, 1.54) is 5.56 Å². The lowest BCUT2D eigenvalue weighted by Crippen LogP contribution is -2.15. The third kappa shape index (κ3) is 3.41. The normalized spacial score (nSPS) is 16.3. The number of carboxylic acid groups (broad SMARTS) is 1. The van der Waals surface area contributed by atoms with Gasteiger partial charge in [0.15, 0.2) is 0 Å². The molecule has 108 valence electrons. The molecule has 1 N–H and O–H groups in total. The van der Waals surface area contributed by atoms with Crippen molar-refractivity contribution in [1.29, 1.82) is 0 Å². The molecule has 5 heteroatoms. The molecular formula is C16H13BrO3S. The summed E-state index contributed by atoms with van der Waals surface area (Å²) in [6.45, 7) is 0. The van der Waals surface area contributed by atoms with Gasteiger partial charge in [0.25, 0.3) is 0 Å². The van der Waals surface area contributed by atoms with Gasteiger partial charge in [-0.3, -0.25) is 0 Å². The van der Waals surface area contributed by atoms with E-state index in [0.717, 1.165) is 27.3 Å². The monoisotopic (exact) mass is 364 g/mol. The second-order valence-corrected chi connectivity index (χ2v) is 6.85. The topological polar surface area (TPSA) is 46.5 Å². The van der Waals surface area contributed by atoms with Crippen molar-refractivity contribution in [3.63, 3.8) is 0 Å². The van der Waals surface area contributed by atoms with Gasteiger partial charge in [0.05, 0.1) is 5.56 Å². The molecule has 1 aliphatic rings. The van der Waals surface area contributed by atoms with Gasteiger partial charge in [0.2, 0.25) is 0 Å². The molecule has 0 aromatic heterocycles. The number of rotatable bonds is 4. The zero-order valence-electron chi connectivity index (χ0n) is 11.1. The lowest BCUT2D eigenvalue weighted by Gasteiger charge is -2.10. The number of fused-ring (bicyclic) bond motifs is 1. The van der Waals surface area contributed by atoms with Crippen LogP contribution in [-0.2, 0) is 6.42 Å². The van der Waals surface area contributed by atoms with E-state index in [0.29, 0.717) is 5.56 Å². The SMILES string of the molecule is O=C(O)c1ccc(SCC2Cc3cc(Br)ccc3O2)cc1. The Balaban J connectivity index is 1.58. The Morgan fingerprint density at radius 2 is 2.05 bits per heavy atom. The molecule has 1 atom stereocenters. The first kappa shape index (κ1) is 14.5. The molecule has 0 spiro atoms. The average molecular weight is 365 g/mol. The van der Waals surface area contributed by atoms with Crippen LogP contribution >= 0.6 is 27.7 Å². The minimum absolute atomic E-state index is 0.165. The first-order valence-electron chi connectivity index (χ1n) is 6.53. The Labute approximate surface area is 135 Å². The van der Waals surface area contributed by atoms with Crippen LogP contribution in [0.15, 0.2) is 51.8 Å². The lowest BCUT2D eigenvalue weighted by atomic mass is 10.1. The summed E-state index contributed by atoms with van der Waals surface area (Å²) in [4.78, 5) is 11.9. The number of halogens is 1. The number of ether oxygens (including phenoxy) is 1. The Hall–Kier alpha value is -1.46. The highest BCUT2D eigenvalue weighted by atomic mass is 79.9. The number of hydrogen-bond donors (Lipinski definition) is 1. The van der Waals surface area contributed by atoms with Crippen LogP contribution in [0.5, 0.6) is 5.75 Å². The molecule has 1 heterocycles. The van der Waals surface area contributed by atoms with Gasteiger partial charge in [0.1, 0.15) is 11.9 Å². The van der Waals surface area contributed by atoms with E-state index < -0.39 is 5.97 Å². The van der Waals surface area contributed by atoms with Gasteiger partial charge < -0.3 is 9.84 Å². The van der Waals surface area contributed by atoms with Gasteiger partial charge >= 0.3 is 5.97 Å². The number of hydrogen-bond acceptors (Lipinski definition) is 3. The van der Waals surface area contributed by atoms with Crippen molar-refractivity contribution in [3.8, 4) is 5.75 Å². The maximum Gasteiger partial charge on any atom is 0.335 e. The Morgan fingerprint density at radius 3 is 2.76 bits per heavy atom. The van der Waals surface area contributed by atoms with E-state index in [1.54, 1.807) is 23.9 Å². The second kappa shape index (κ2) is 6.12. The van der Waals surface area contributed by atoms with Crippen molar-refractivity contribution in [2.45, 2.75) is 17.4 Å². The first-order chi connectivity index (χ1) is 10.1. The van der Waals surface area contributed by atoms with Crippen LogP contribution in [0.3, 0.4) is 0 Å². The van der Waals surface area contributed by atoms with Gasteiger partial charge in [-0.1, -0.05) is 15.9 Å². The van der Waals surface area contributed by atoms with E-state index in [4.69, 9.17) is 9.84 Å². The van der Waals surface area contributed by atoms with Crippen molar-refractivity contribution in [3.05, 3.63) is 58.1 Å². The van der Waals surface area contributed by atoms with Crippen LogP contribution in [0.2, 0.25) is 0 Å². The number of thioether (sulfide) groups is 1. The van der Waals surface area contributed by atoms with E-state index in [2.05, 4.69) is 22.0 Å². The first-order valence-corrected chi connectivity index (χ1v) is 8.31. The second-order valence-electron chi connectivity index (χ2n) is 4.84. The van der Waals surface area contributed by atoms with Gasteiger partial charge in [-0.05, 0) is 48.0 Å². The fourth-order valence-electron chi connectivity index (χ4n) is 2.26. The predicted molar refractivity (Wildman–Crippen MR) is 86.4 cm³/mol. The van der Waals surface area contributed by atoms with Crippen molar-refractivity contribution >= 4 is 33.7 Å².